The fraction of sp³-hybridized carbons (Fsp3) is 0.308. The predicted molar refractivity (Wildman–Crippen MR) is 66.0 cm³/mol. The number of methoxy groups -OCH3 is 1. The Bertz CT molecular complexity index is 494. The van der Waals surface area contributed by atoms with E-state index in [0.29, 0.717) is 0 Å². The monoisotopic (exact) mass is 249 g/mol. The highest BCUT2D eigenvalue weighted by Crippen LogP contribution is 2.14. The number of carbonyl (C=O) groups is 2. The number of ether oxygens (including phenoxy) is 2. The number of benzene rings is 1. The number of hydrogen-bond acceptors (Lipinski definition) is 5. The molecule has 96 valence electrons. The van der Waals surface area contributed by atoms with Gasteiger partial charge in [0.1, 0.15) is 5.71 Å². The Morgan fingerprint density at radius 2 is 1.94 bits per heavy atom. The number of hydrogen-bond donors (Lipinski definition) is 1. The van der Waals surface area contributed by atoms with Crippen LogP contribution in [0.25, 0.3) is 0 Å². The fourth-order valence-corrected chi connectivity index (χ4v) is 1.47. The Kier molecular flexibility index (Phi) is 4.59. The summed E-state index contributed by atoms with van der Waals surface area (Å²) in [6.07, 6.45) is 0. The van der Waals surface area contributed by atoms with Crippen LogP contribution in [0.5, 0.6) is 0 Å². The predicted octanol–water partition coefficient (Wildman–Crippen LogP) is 1.71. The molecule has 5 heteroatoms. The molecule has 0 radical (unpaired) electrons. The first-order chi connectivity index (χ1) is 8.51. The zero-order valence-corrected chi connectivity index (χ0v) is 10.6. The highest BCUT2D eigenvalue weighted by atomic mass is 16.5. The molecule has 0 atom stereocenters. The first-order valence-electron chi connectivity index (χ1n) is 5.46. The second-order valence-electron chi connectivity index (χ2n) is 3.64. The molecule has 18 heavy (non-hydrogen) atoms. The molecule has 0 spiro atoms. The van der Waals surface area contributed by atoms with E-state index < -0.39 is 11.9 Å². The van der Waals surface area contributed by atoms with Crippen molar-refractivity contribution in [3.8, 4) is 0 Å². The Morgan fingerprint density at radius 1 is 1.28 bits per heavy atom. The molecule has 1 aromatic carbocycles. The lowest BCUT2D eigenvalue weighted by molar-refractivity contribution is -0.135. The topological polar surface area (TPSA) is 76.5 Å². The number of carbonyl (C=O) groups excluding carboxylic acids is 2. The lowest BCUT2D eigenvalue weighted by Gasteiger charge is -2.09. The number of rotatable bonds is 4. The molecule has 0 saturated carbocycles. The van der Waals surface area contributed by atoms with Gasteiger partial charge in [0, 0.05) is 5.56 Å². The van der Waals surface area contributed by atoms with E-state index in [1.54, 1.807) is 19.1 Å². The first kappa shape index (κ1) is 13.9. The van der Waals surface area contributed by atoms with Crippen LogP contribution in [0.4, 0.5) is 0 Å². The molecule has 1 rings (SSSR count). The van der Waals surface area contributed by atoms with Crippen LogP contribution >= 0.6 is 0 Å². The molecule has 0 aliphatic carbocycles. The highest BCUT2D eigenvalue weighted by Gasteiger charge is 2.20. The number of aryl methyl sites for hydroxylation is 1. The largest absolute Gasteiger partial charge is 0.465 e. The fourth-order valence-electron chi connectivity index (χ4n) is 1.47. The van der Waals surface area contributed by atoms with Crippen molar-refractivity contribution in [2.45, 2.75) is 13.8 Å². The zero-order valence-electron chi connectivity index (χ0n) is 10.6. The number of esters is 2. The van der Waals surface area contributed by atoms with Gasteiger partial charge in [0.05, 0.1) is 19.3 Å². The van der Waals surface area contributed by atoms with Gasteiger partial charge in [-0.3, -0.25) is 5.41 Å². The van der Waals surface area contributed by atoms with E-state index in [2.05, 4.69) is 4.74 Å². The van der Waals surface area contributed by atoms with Crippen molar-refractivity contribution >= 4 is 17.7 Å². The molecule has 0 amide bonds. The van der Waals surface area contributed by atoms with Crippen LogP contribution in [0.15, 0.2) is 18.2 Å². The summed E-state index contributed by atoms with van der Waals surface area (Å²) in [5, 5.41) is 7.76. The van der Waals surface area contributed by atoms with Crippen molar-refractivity contribution in [1.82, 2.24) is 0 Å². The van der Waals surface area contributed by atoms with Crippen LogP contribution in [0, 0.1) is 12.3 Å². The van der Waals surface area contributed by atoms with Gasteiger partial charge in [-0.1, -0.05) is 11.6 Å². The summed E-state index contributed by atoms with van der Waals surface area (Å²) < 4.78 is 9.37. The molecule has 0 aliphatic heterocycles. The Morgan fingerprint density at radius 3 is 2.50 bits per heavy atom. The SMILES string of the molecule is CCOC(=O)C(=N)c1cc(C)ccc1C(=O)OC. The van der Waals surface area contributed by atoms with Gasteiger partial charge in [0.15, 0.2) is 0 Å². The van der Waals surface area contributed by atoms with Gasteiger partial charge in [-0.25, -0.2) is 9.59 Å². The van der Waals surface area contributed by atoms with E-state index in [9.17, 15) is 9.59 Å². The van der Waals surface area contributed by atoms with Crippen LogP contribution in [0.2, 0.25) is 0 Å². The van der Waals surface area contributed by atoms with Crippen molar-refractivity contribution in [2.75, 3.05) is 13.7 Å². The third-order valence-electron chi connectivity index (χ3n) is 2.33. The van der Waals surface area contributed by atoms with Gasteiger partial charge < -0.3 is 9.47 Å². The van der Waals surface area contributed by atoms with Crippen LogP contribution in [-0.2, 0) is 14.3 Å². The zero-order chi connectivity index (χ0) is 13.7. The van der Waals surface area contributed by atoms with E-state index in [1.165, 1.54) is 13.2 Å². The van der Waals surface area contributed by atoms with Crippen LogP contribution < -0.4 is 0 Å². The Hall–Kier alpha value is -2.17. The minimum Gasteiger partial charge on any atom is -0.465 e. The van der Waals surface area contributed by atoms with Crippen molar-refractivity contribution < 1.29 is 19.1 Å². The molecule has 1 aromatic rings. The number of nitrogens with one attached hydrogen (secondary N) is 1. The summed E-state index contributed by atoms with van der Waals surface area (Å²) in [4.78, 5) is 23.1. The van der Waals surface area contributed by atoms with Gasteiger partial charge in [-0.15, -0.1) is 0 Å². The molecule has 0 bridgehead atoms. The molecular weight excluding hydrogens is 234 g/mol. The molecule has 5 nitrogen and oxygen atoms in total. The third-order valence-corrected chi connectivity index (χ3v) is 2.33. The average molecular weight is 249 g/mol. The normalized spacial score (nSPS) is 9.72. The molecule has 0 aliphatic rings. The summed E-state index contributed by atoms with van der Waals surface area (Å²) in [5.41, 5.74) is 0.897. The van der Waals surface area contributed by atoms with Gasteiger partial charge in [0.25, 0.3) is 0 Å². The maximum atomic E-state index is 11.6. The smallest absolute Gasteiger partial charge is 0.356 e. The molecule has 0 unspecified atom stereocenters. The second-order valence-corrected chi connectivity index (χ2v) is 3.64. The Balaban J connectivity index is 3.21. The maximum Gasteiger partial charge on any atom is 0.356 e. The summed E-state index contributed by atoms with van der Waals surface area (Å²) in [5.74, 6) is -1.34. The van der Waals surface area contributed by atoms with Crippen molar-refractivity contribution in [2.24, 2.45) is 0 Å². The molecule has 0 fully saturated rings. The first-order valence-corrected chi connectivity index (χ1v) is 5.46. The molecule has 1 N–H and O–H groups in total. The van der Waals surface area contributed by atoms with Gasteiger partial charge in [-0.05, 0) is 26.0 Å². The summed E-state index contributed by atoms with van der Waals surface area (Å²) in [6.45, 7) is 3.65. The van der Waals surface area contributed by atoms with Crippen molar-refractivity contribution in [3.05, 3.63) is 34.9 Å². The van der Waals surface area contributed by atoms with Crippen LogP contribution in [0.3, 0.4) is 0 Å². The average Bonchev–Trinajstić information content (AvgIpc) is 2.37. The lowest BCUT2D eigenvalue weighted by atomic mass is 10.0. The Labute approximate surface area is 105 Å². The van der Waals surface area contributed by atoms with Crippen molar-refractivity contribution in [3.63, 3.8) is 0 Å². The molecule has 0 saturated heterocycles. The third kappa shape index (κ3) is 2.94. The summed E-state index contributed by atoms with van der Waals surface area (Å²) in [6, 6.07) is 4.84. The second kappa shape index (κ2) is 5.95. The molecular formula is C13H15NO4. The lowest BCUT2D eigenvalue weighted by Crippen LogP contribution is -2.21. The van der Waals surface area contributed by atoms with E-state index >= 15 is 0 Å². The van der Waals surface area contributed by atoms with Gasteiger partial charge >= 0.3 is 11.9 Å². The van der Waals surface area contributed by atoms with E-state index in [1.807, 2.05) is 6.92 Å². The van der Waals surface area contributed by atoms with E-state index in [0.717, 1.165) is 5.56 Å². The van der Waals surface area contributed by atoms with E-state index in [-0.39, 0.29) is 23.4 Å². The van der Waals surface area contributed by atoms with Gasteiger partial charge in [-0.2, -0.15) is 0 Å². The standard InChI is InChI=1S/C13H15NO4/c1-4-18-13(16)11(14)10-7-8(2)5-6-9(10)12(15)17-3/h5-7,14H,4H2,1-3H3. The molecule has 0 heterocycles. The quantitative estimate of drug-likeness (QED) is 0.651. The van der Waals surface area contributed by atoms with E-state index in [4.69, 9.17) is 10.1 Å². The van der Waals surface area contributed by atoms with Crippen molar-refractivity contribution in [1.29, 1.82) is 5.41 Å². The minimum atomic E-state index is -0.756. The maximum absolute atomic E-state index is 11.6. The highest BCUT2D eigenvalue weighted by molar-refractivity contribution is 6.43. The summed E-state index contributed by atoms with van der Waals surface area (Å²) in [7, 11) is 1.25. The minimum absolute atomic E-state index is 0.181. The van der Waals surface area contributed by atoms with Crippen LogP contribution in [0.1, 0.15) is 28.4 Å². The molecule has 0 aromatic heterocycles. The van der Waals surface area contributed by atoms with Gasteiger partial charge in [0.2, 0.25) is 0 Å². The summed E-state index contributed by atoms with van der Waals surface area (Å²) >= 11 is 0. The van der Waals surface area contributed by atoms with Crippen LogP contribution in [-0.4, -0.2) is 31.4 Å².